The second-order valence-electron chi connectivity index (χ2n) is 6.09. The Morgan fingerprint density at radius 3 is 2.63 bits per heavy atom. The number of rotatable bonds is 2. The largest absolute Gasteiger partial charge is 0.619 e. The Morgan fingerprint density at radius 1 is 1.26 bits per heavy atom. The summed E-state index contributed by atoms with van der Waals surface area (Å²) in [6, 6.07) is 6.91. The van der Waals surface area contributed by atoms with Gasteiger partial charge in [-0.15, -0.1) is 0 Å². The molecule has 134 valence electrons. The Labute approximate surface area is 153 Å². The first-order valence-corrected chi connectivity index (χ1v) is 8.12. The van der Waals surface area contributed by atoms with Crippen molar-refractivity contribution in [2.45, 2.75) is 6.92 Å². The van der Waals surface area contributed by atoms with Gasteiger partial charge in [-0.05, 0) is 30.7 Å². The van der Waals surface area contributed by atoms with E-state index in [-0.39, 0.29) is 11.3 Å². The van der Waals surface area contributed by atoms with Gasteiger partial charge in [0.05, 0.1) is 10.7 Å². The highest BCUT2D eigenvalue weighted by atomic mass is 16.5. The molecule has 8 heteroatoms. The van der Waals surface area contributed by atoms with Crippen LogP contribution in [0.1, 0.15) is 11.3 Å². The number of hydrogen-bond acceptors (Lipinski definition) is 6. The number of nitrogens with zero attached hydrogens (tertiary/aromatic N) is 4. The van der Waals surface area contributed by atoms with E-state index in [0.29, 0.717) is 38.2 Å². The smallest absolute Gasteiger partial charge is 0.221 e. The predicted molar refractivity (Wildman–Crippen MR) is 98.4 cm³/mol. The van der Waals surface area contributed by atoms with Gasteiger partial charge in [0.2, 0.25) is 5.95 Å². The number of pyridine rings is 1. The van der Waals surface area contributed by atoms with E-state index in [2.05, 4.69) is 9.97 Å². The molecule has 0 atom stereocenters. The van der Waals surface area contributed by atoms with Crippen LogP contribution in [0.25, 0.3) is 28.4 Å². The van der Waals surface area contributed by atoms with Gasteiger partial charge in [-0.1, -0.05) is 0 Å². The van der Waals surface area contributed by atoms with Crippen molar-refractivity contribution in [2.24, 2.45) is 7.05 Å². The van der Waals surface area contributed by atoms with Crippen LogP contribution in [-0.4, -0.2) is 20.5 Å². The van der Waals surface area contributed by atoms with Crippen molar-refractivity contribution in [3.63, 3.8) is 0 Å². The van der Waals surface area contributed by atoms with Crippen LogP contribution in [0.3, 0.4) is 0 Å². The quantitative estimate of drug-likeness (QED) is 0.400. The third-order valence-corrected chi connectivity index (χ3v) is 4.30. The molecule has 0 fully saturated rings. The van der Waals surface area contributed by atoms with Gasteiger partial charge in [-0.25, -0.2) is 14.8 Å². The summed E-state index contributed by atoms with van der Waals surface area (Å²) in [5.41, 5.74) is 7.64. The van der Waals surface area contributed by atoms with E-state index >= 15 is 0 Å². The van der Waals surface area contributed by atoms with E-state index < -0.39 is 0 Å². The number of hydrogen-bond donors (Lipinski definition) is 1. The molecule has 0 saturated heterocycles. The molecule has 0 unspecified atom stereocenters. The van der Waals surface area contributed by atoms with Gasteiger partial charge in [0.15, 0.2) is 24.1 Å². The predicted octanol–water partition coefficient (Wildman–Crippen LogP) is 0.0843. The standard InChI is InChI=1S/C19H15N5O3/c1-11-3-4-15(27-11)18-16-14(10-25)23(2)13(17(16)21-19(20)22-18)9-12-5-7-24(26)8-6-12/h3-9H,1-2H3,(H2,20,21,22). The highest BCUT2D eigenvalue weighted by molar-refractivity contribution is 5.95. The van der Waals surface area contributed by atoms with Crippen LogP contribution in [0.5, 0.6) is 0 Å². The van der Waals surface area contributed by atoms with Gasteiger partial charge in [0.1, 0.15) is 22.3 Å². The van der Waals surface area contributed by atoms with Crippen LogP contribution in [0.2, 0.25) is 0 Å². The average Bonchev–Trinajstić information content (AvgIpc) is 3.18. The Kier molecular flexibility index (Phi) is 3.75. The fourth-order valence-electron chi connectivity index (χ4n) is 3.04. The highest BCUT2D eigenvalue weighted by Crippen LogP contribution is 2.25. The lowest BCUT2D eigenvalue weighted by molar-refractivity contribution is -0.605. The minimum Gasteiger partial charge on any atom is -0.619 e. The van der Waals surface area contributed by atoms with Crippen molar-refractivity contribution < 1.29 is 13.9 Å². The van der Waals surface area contributed by atoms with Crippen LogP contribution < -0.4 is 21.2 Å². The maximum Gasteiger partial charge on any atom is 0.221 e. The van der Waals surface area contributed by atoms with Gasteiger partial charge in [-0.2, -0.15) is 4.73 Å². The Bertz CT molecular complexity index is 1310. The molecule has 0 aliphatic rings. The average molecular weight is 361 g/mol. The third-order valence-electron chi connectivity index (χ3n) is 4.30. The number of aromatic nitrogens is 4. The zero-order chi connectivity index (χ0) is 19.1. The summed E-state index contributed by atoms with van der Waals surface area (Å²) in [7, 11) is 1.73. The molecule has 0 aromatic carbocycles. The number of carbonyl (C=O) groups excluding carboxylic acids is 1. The van der Waals surface area contributed by atoms with Crippen molar-refractivity contribution in [2.75, 3.05) is 5.73 Å². The van der Waals surface area contributed by atoms with Crippen LogP contribution in [0.4, 0.5) is 5.95 Å². The van der Waals surface area contributed by atoms with Crippen LogP contribution in [0.15, 0.2) is 41.1 Å². The minimum atomic E-state index is 0.0645. The molecule has 0 aliphatic heterocycles. The lowest BCUT2D eigenvalue weighted by Crippen LogP contribution is -2.25. The van der Waals surface area contributed by atoms with Crippen molar-refractivity contribution in [1.82, 2.24) is 14.5 Å². The topological polar surface area (TPSA) is 114 Å². The molecule has 0 bridgehead atoms. The maximum atomic E-state index is 11.7. The Balaban J connectivity index is 2.14. The van der Waals surface area contributed by atoms with E-state index in [1.165, 1.54) is 12.4 Å². The lowest BCUT2D eigenvalue weighted by atomic mass is 10.2. The number of fused-ring (bicyclic) bond motifs is 1. The van der Waals surface area contributed by atoms with E-state index in [4.69, 9.17) is 10.2 Å². The molecular weight excluding hydrogens is 346 g/mol. The summed E-state index contributed by atoms with van der Waals surface area (Å²) in [4.78, 5) is 20.3. The number of nitrogen functional groups attached to an aromatic ring is 1. The molecule has 4 heterocycles. The first-order chi connectivity index (χ1) is 13.0. The fourth-order valence-corrected chi connectivity index (χ4v) is 3.04. The van der Waals surface area contributed by atoms with E-state index in [1.807, 2.05) is 25.0 Å². The first-order valence-electron chi connectivity index (χ1n) is 8.12. The third kappa shape index (κ3) is 2.74. The number of furan rings is 1. The summed E-state index contributed by atoms with van der Waals surface area (Å²) in [6.45, 7) is 1.82. The molecule has 0 saturated carbocycles. The minimum absolute atomic E-state index is 0.0645. The maximum absolute atomic E-state index is 11.7. The lowest BCUT2D eigenvalue weighted by Gasteiger charge is -2.00. The first kappa shape index (κ1) is 16.6. The molecule has 4 aromatic heterocycles. The fraction of sp³-hybridized carbons (Fsp3) is 0.105. The van der Waals surface area contributed by atoms with Crippen molar-refractivity contribution in [1.29, 1.82) is 0 Å². The molecule has 0 amide bonds. The van der Waals surface area contributed by atoms with E-state index in [0.717, 1.165) is 5.56 Å². The molecule has 4 rings (SSSR count). The summed E-state index contributed by atoms with van der Waals surface area (Å²) in [5, 5.41) is 12.7. The monoisotopic (exact) mass is 361 g/mol. The zero-order valence-electron chi connectivity index (χ0n) is 14.6. The molecule has 4 aromatic rings. The van der Waals surface area contributed by atoms with Gasteiger partial charge in [-0.3, -0.25) is 0 Å². The second-order valence-corrected chi connectivity index (χ2v) is 6.09. The molecule has 8 nitrogen and oxygen atoms in total. The van der Waals surface area contributed by atoms with Gasteiger partial charge < -0.3 is 19.9 Å². The summed E-state index contributed by atoms with van der Waals surface area (Å²) >= 11 is 0. The van der Waals surface area contributed by atoms with Gasteiger partial charge in [0.25, 0.3) is 0 Å². The van der Waals surface area contributed by atoms with Crippen molar-refractivity contribution in [3.8, 4) is 11.5 Å². The zero-order valence-corrected chi connectivity index (χ0v) is 14.6. The van der Waals surface area contributed by atoms with Crippen LogP contribution in [-0.2, 0) is 11.8 Å². The van der Waals surface area contributed by atoms with Gasteiger partial charge >= 0.3 is 0 Å². The van der Waals surface area contributed by atoms with Crippen LogP contribution >= 0.6 is 0 Å². The Morgan fingerprint density at radius 2 is 2.00 bits per heavy atom. The van der Waals surface area contributed by atoms with Crippen molar-refractivity contribution >= 4 is 28.9 Å². The second kappa shape index (κ2) is 6.12. The summed E-state index contributed by atoms with van der Waals surface area (Å²) in [5.74, 6) is 3.24. The highest BCUT2D eigenvalue weighted by Gasteiger charge is 2.18. The molecule has 0 aliphatic carbocycles. The van der Waals surface area contributed by atoms with Gasteiger partial charge in [0, 0.05) is 19.2 Å². The van der Waals surface area contributed by atoms with E-state index in [9.17, 15) is 10.0 Å². The molecule has 27 heavy (non-hydrogen) atoms. The molecule has 0 spiro atoms. The van der Waals surface area contributed by atoms with E-state index in [1.54, 1.807) is 29.8 Å². The summed E-state index contributed by atoms with van der Waals surface area (Å²) in [6.07, 6.45) is 4.60. The molecule has 0 radical (unpaired) electrons. The Hall–Kier alpha value is -3.90. The number of nitrogens with two attached hydrogens (primary N) is 1. The normalized spacial score (nSPS) is 11.9. The number of aryl methyl sites for hydroxylation is 1. The number of anilines is 1. The molecule has 2 N–H and O–H groups in total. The van der Waals surface area contributed by atoms with Crippen LogP contribution in [0, 0.1) is 12.1 Å². The SMILES string of the molecule is Cc1ccc(-c2nc(N)nc3c(=Cc4cc[n+]([O-])cc4)n(C)c(=C=O)c23)o1. The summed E-state index contributed by atoms with van der Waals surface area (Å²) < 4.78 is 8.05. The van der Waals surface area contributed by atoms with Crippen molar-refractivity contribution in [3.05, 3.63) is 63.9 Å². The molecular formula is C19H15N5O3.